The summed E-state index contributed by atoms with van der Waals surface area (Å²) in [6.45, 7) is 4.08. The molecule has 1 aromatic rings. The van der Waals surface area contributed by atoms with Gasteiger partial charge in [0.2, 0.25) is 0 Å². The van der Waals surface area contributed by atoms with E-state index in [2.05, 4.69) is 5.10 Å². The van der Waals surface area contributed by atoms with E-state index in [0.29, 0.717) is 24.5 Å². The molecule has 2 aliphatic heterocycles. The predicted octanol–water partition coefficient (Wildman–Crippen LogP) is 1.70. The minimum Gasteiger partial charge on any atom is -0.461 e. The van der Waals surface area contributed by atoms with Gasteiger partial charge in [-0.25, -0.2) is 4.79 Å². The van der Waals surface area contributed by atoms with Crippen molar-refractivity contribution < 1.29 is 13.7 Å². The lowest BCUT2D eigenvalue weighted by atomic mass is 9.97. The highest BCUT2D eigenvalue weighted by atomic mass is 32.2. The van der Waals surface area contributed by atoms with Gasteiger partial charge >= 0.3 is 5.97 Å². The number of benzene rings is 1. The number of carbonyl (C=O) groups excluding carboxylic acids is 1. The van der Waals surface area contributed by atoms with Crippen LogP contribution in [0.15, 0.2) is 34.3 Å². The van der Waals surface area contributed by atoms with Gasteiger partial charge in [0.15, 0.2) is 0 Å². The normalized spacial score (nSPS) is 27.6. The zero-order valence-electron chi connectivity index (χ0n) is 11.5. The van der Waals surface area contributed by atoms with Crippen molar-refractivity contribution in [1.82, 2.24) is 0 Å². The number of anilines is 1. The van der Waals surface area contributed by atoms with E-state index in [4.69, 9.17) is 4.74 Å². The summed E-state index contributed by atoms with van der Waals surface area (Å²) in [5.41, 5.74) is 0.809. The molecular weight excluding hydrogens is 276 g/mol. The van der Waals surface area contributed by atoms with Crippen LogP contribution in [0.25, 0.3) is 0 Å². The number of ether oxygens (including phenoxy) is 1. The van der Waals surface area contributed by atoms with Crippen LogP contribution in [0.1, 0.15) is 20.3 Å². The first-order valence-corrected chi connectivity index (χ1v) is 7.89. The Bertz CT molecular complexity index is 629. The summed E-state index contributed by atoms with van der Waals surface area (Å²) in [7, 11) is -1.06. The van der Waals surface area contributed by atoms with Crippen LogP contribution in [-0.4, -0.2) is 33.8 Å². The molecule has 3 rings (SSSR count). The number of rotatable bonds is 2. The summed E-state index contributed by atoms with van der Waals surface area (Å²) in [6, 6.07) is 7.50. The molecule has 0 saturated carbocycles. The minimum atomic E-state index is -1.06. The molecule has 0 N–H and O–H groups in total. The number of fused-ring (bicyclic) bond motifs is 3. The Morgan fingerprint density at radius 1 is 1.50 bits per heavy atom. The molecule has 2 heterocycles. The molecule has 20 heavy (non-hydrogen) atoms. The molecule has 0 fully saturated rings. The second kappa shape index (κ2) is 4.70. The van der Waals surface area contributed by atoms with Crippen molar-refractivity contribution >= 4 is 28.2 Å². The zero-order chi connectivity index (χ0) is 14.3. The molecule has 2 aliphatic rings. The lowest BCUT2D eigenvalue weighted by Crippen LogP contribution is -2.48. The number of hydrazone groups is 1. The average molecular weight is 292 g/mol. The highest BCUT2D eigenvalue weighted by molar-refractivity contribution is 7.85. The molecule has 2 atom stereocenters. The zero-order valence-corrected chi connectivity index (χ0v) is 12.3. The van der Waals surface area contributed by atoms with Gasteiger partial charge in [-0.1, -0.05) is 12.1 Å². The van der Waals surface area contributed by atoms with Crippen molar-refractivity contribution in [1.29, 1.82) is 0 Å². The smallest absolute Gasteiger partial charge is 0.354 e. The highest BCUT2D eigenvalue weighted by Gasteiger charge is 2.47. The molecule has 0 amide bonds. The summed E-state index contributed by atoms with van der Waals surface area (Å²) in [5, 5.41) is 6.25. The van der Waals surface area contributed by atoms with E-state index < -0.39 is 16.3 Å². The highest BCUT2D eigenvalue weighted by Crippen LogP contribution is 2.41. The maximum absolute atomic E-state index is 12.4. The van der Waals surface area contributed by atoms with Crippen LogP contribution in [0, 0.1) is 0 Å². The first kappa shape index (κ1) is 13.3. The van der Waals surface area contributed by atoms with Crippen LogP contribution in [-0.2, 0) is 20.3 Å². The largest absolute Gasteiger partial charge is 0.461 e. The maximum Gasteiger partial charge on any atom is 0.354 e. The van der Waals surface area contributed by atoms with Crippen LogP contribution in [0.5, 0.6) is 0 Å². The number of hydrogen-bond acceptors (Lipinski definition) is 5. The summed E-state index contributed by atoms with van der Waals surface area (Å²) in [5.74, 6) is 0.0857. The van der Waals surface area contributed by atoms with Crippen molar-refractivity contribution in [2.75, 3.05) is 17.4 Å². The summed E-state index contributed by atoms with van der Waals surface area (Å²) in [6.07, 6.45) is 0.464. The molecule has 106 valence electrons. The lowest BCUT2D eigenvalue weighted by molar-refractivity contribution is -0.135. The monoisotopic (exact) mass is 292 g/mol. The first-order valence-electron chi connectivity index (χ1n) is 6.57. The van der Waals surface area contributed by atoms with Gasteiger partial charge in [-0.3, -0.25) is 9.22 Å². The molecule has 0 spiro atoms. The first-order chi connectivity index (χ1) is 9.55. The van der Waals surface area contributed by atoms with Gasteiger partial charge in [0.05, 0.1) is 39.3 Å². The molecule has 0 aliphatic carbocycles. The van der Waals surface area contributed by atoms with Crippen molar-refractivity contribution in [2.24, 2.45) is 5.10 Å². The third-order valence-electron chi connectivity index (χ3n) is 3.57. The molecular formula is C14H16N2O3S. The Labute approximate surface area is 120 Å². The Hall–Kier alpha value is -1.69. The predicted molar refractivity (Wildman–Crippen MR) is 77.3 cm³/mol. The van der Waals surface area contributed by atoms with Crippen molar-refractivity contribution in [3.05, 3.63) is 24.3 Å². The van der Waals surface area contributed by atoms with Crippen molar-refractivity contribution in [3.63, 3.8) is 0 Å². The third kappa shape index (κ3) is 1.95. The van der Waals surface area contributed by atoms with Crippen LogP contribution in [0.4, 0.5) is 5.69 Å². The third-order valence-corrected chi connectivity index (χ3v) is 5.29. The van der Waals surface area contributed by atoms with Crippen LogP contribution in [0.2, 0.25) is 0 Å². The molecule has 1 aromatic carbocycles. The van der Waals surface area contributed by atoms with Crippen LogP contribution >= 0.6 is 0 Å². The summed E-state index contributed by atoms with van der Waals surface area (Å²) >= 11 is 0. The SMILES string of the molecule is CCOC(=O)C1=NN2c3ccccc3[S@](=O)C[C@]2(C)C1. The number of carbonyl (C=O) groups is 1. The van der Waals surface area contributed by atoms with E-state index in [0.717, 1.165) is 10.6 Å². The number of hydrogen-bond donors (Lipinski definition) is 0. The molecule has 0 radical (unpaired) electrons. The van der Waals surface area contributed by atoms with Crippen molar-refractivity contribution in [3.8, 4) is 0 Å². The quantitative estimate of drug-likeness (QED) is 0.778. The van der Waals surface area contributed by atoms with Gasteiger partial charge < -0.3 is 4.74 Å². The average Bonchev–Trinajstić information content (AvgIpc) is 2.77. The summed E-state index contributed by atoms with van der Waals surface area (Å²) in [4.78, 5) is 12.6. The second-order valence-corrected chi connectivity index (χ2v) is 6.63. The molecule has 5 nitrogen and oxygen atoms in total. The molecule has 0 saturated heterocycles. The van der Waals surface area contributed by atoms with Gasteiger partial charge in [0.1, 0.15) is 5.71 Å². The maximum atomic E-state index is 12.4. The Balaban J connectivity index is 2.02. The Morgan fingerprint density at radius 3 is 3.00 bits per heavy atom. The van der Waals surface area contributed by atoms with E-state index in [1.165, 1.54) is 0 Å². The van der Waals surface area contributed by atoms with Gasteiger partial charge in [0, 0.05) is 6.42 Å². The van der Waals surface area contributed by atoms with E-state index >= 15 is 0 Å². The van der Waals surface area contributed by atoms with Crippen LogP contribution < -0.4 is 5.01 Å². The fourth-order valence-corrected chi connectivity index (χ4v) is 4.24. The molecule has 0 unspecified atom stereocenters. The van der Waals surface area contributed by atoms with Crippen LogP contribution in [0.3, 0.4) is 0 Å². The standard InChI is InChI=1S/C14H16N2O3S/c1-3-19-13(17)10-8-14(2)9-20(18)12-7-5-4-6-11(12)16(14)15-10/h4-7H,3,8-9H2,1-2H3/t14-,20+/m0/s1. The number of esters is 1. The fourth-order valence-electron chi connectivity index (χ4n) is 2.68. The van der Waals surface area contributed by atoms with E-state index in [1.54, 1.807) is 6.92 Å². The molecule has 6 heteroatoms. The second-order valence-electron chi connectivity index (χ2n) is 5.21. The van der Waals surface area contributed by atoms with Gasteiger partial charge in [-0.2, -0.15) is 5.10 Å². The van der Waals surface area contributed by atoms with Crippen molar-refractivity contribution in [2.45, 2.75) is 30.7 Å². The molecule has 0 aromatic heterocycles. The Morgan fingerprint density at radius 2 is 2.25 bits per heavy atom. The fraction of sp³-hybridized carbons (Fsp3) is 0.429. The van der Waals surface area contributed by atoms with Gasteiger partial charge in [0.25, 0.3) is 0 Å². The van der Waals surface area contributed by atoms with Gasteiger partial charge in [-0.15, -0.1) is 0 Å². The Kier molecular flexibility index (Phi) is 3.12. The topological polar surface area (TPSA) is 59.0 Å². The van der Waals surface area contributed by atoms with Gasteiger partial charge in [-0.05, 0) is 26.0 Å². The summed E-state index contributed by atoms with van der Waals surface area (Å²) < 4.78 is 17.4. The van der Waals surface area contributed by atoms with E-state index in [9.17, 15) is 9.00 Å². The molecule has 0 bridgehead atoms. The number of nitrogens with zero attached hydrogens (tertiary/aromatic N) is 2. The lowest BCUT2D eigenvalue weighted by Gasteiger charge is -2.38. The van der Waals surface area contributed by atoms with E-state index in [1.807, 2.05) is 36.2 Å². The minimum absolute atomic E-state index is 0.330. The number of para-hydroxylation sites is 1. The van der Waals surface area contributed by atoms with E-state index in [-0.39, 0.29) is 5.97 Å².